The highest BCUT2D eigenvalue weighted by molar-refractivity contribution is 5.89. The van der Waals surface area contributed by atoms with Crippen LogP contribution >= 0.6 is 0 Å². The van der Waals surface area contributed by atoms with Crippen molar-refractivity contribution in [1.82, 2.24) is 15.0 Å². The largest absolute Gasteiger partial charge is 0.465 e. The van der Waals surface area contributed by atoms with Crippen molar-refractivity contribution < 1.29 is 13.9 Å². The van der Waals surface area contributed by atoms with Crippen LogP contribution in [0.1, 0.15) is 42.6 Å². The van der Waals surface area contributed by atoms with Crippen molar-refractivity contribution in [2.75, 3.05) is 48.0 Å². The number of piperazine rings is 1. The molecule has 0 radical (unpaired) electrons. The van der Waals surface area contributed by atoms with E-state index in [1.165, 1.54) is 19.2 Å². The molecule has 1 aromatic carbocycles. The molecule has 1 unspecified atom stereocenters. The van der Waals surface area contributed by atoms with Crippen LogP contribution in [0.2, 0.25) is 0 Å². The van der Waals surface area contributed by atoms with E-state index in [0.29, 0.717) is 11.6 Å². The summed E-state index contributed by atoms with van der Waals surface area (Å²) in [6.07, 6.45) is 3.82. The van der Waals surface area contributed by atoms with Crippen LogP contribution in [0.5, 0.6) is 0 Å². The maximum atomic E-state index is 13.6. The highest BCUT2D eigenvalue weighted by Gasteiger charge is 2.29. The molecule has 0 spiro atoms. The lowest BCUT2D eigenvalue weighted by atomic mass is 10.1. The predicted molar refractivity (Wildman–Crippen MR) is 143 cm³/mol. The summed E-state index contributed by atoms with van der Waals surface area (Å²) in [6, 6.07) is 10.9. The van der Waals surface area contributed by atoms with E-state index >= 15 is 0 Å². The third-order valence-corrected chi connectivity index (χ3v) is 7.34. The number of hydrogen-bond acceptors (Lipinski definition) is 8. The summed E-state index contributed by atoms with van der Waals surface area (Å²) in [5.74, 6) is 1.83. The molecule has 3 aromatic rings. The molecule has 4 heterocycles. The summed E-state index contributed by atoms with van der Waals surface area (Å²) < 4.78 is 18.4. The summed E-state index contributed by atoms with van der Waals surface area (Å²) >= 11 is 0. The predicted octanol–water partition coefficient (Wildman–Crippen LogP) is 4.48. The van der Waals surface area contributed by atoms with Crippen molar-refractivity contribution in [2.45, 2.75) is 45.7 Å². The van der Waals surface area contributed by atoms with E-state index in [9.17, 15) is 9.18 Å². The van der Waals surface area contributed by atoms with Crippen LogP contribution in [0, 0.1) is 12.7 Å². The zero-order valence-electron chi connectivity index (χ0n) is 21.8. The first-order chi connectivity index (χ1) is 17.8. The van der Waals surface area contributed by atoms with E-state index in [-0.39, 0.29) is 17.8 Å². The number of esters is 1. The number of benzene rings is 1. The van der Waals surface area contributed by atoms with Gasteiger partial charge in [0.25, 0.3) is 0 Å². The second kappa shape index (κ2) is 10.3. The molecule has 2 aromatic heterocycles. The van der Waals surface area contributed by atoms with Gasteiger partial charge in [-0.3, -0.25) is 0 Å². The topological polar surface area (TPSA) is 74.7 Å². The molecule has 9 heteroatoms. The van der Waals surface area contributed by atoms with Crippen molar-refractivity contribution in [3.63, 3.8) is 0 Å². The Hall–Kier alpha value is -3.75. The fourth-order valence-electron chi connectivity index (χ4n) is 5.31. The second-order valence-corrected chi connectivity index (χ2v) is 9.95. The third kappa shape index (κ3) is 5.08. The van der Waals surface area contributed by atoms with Gasteiger partial charge in [0.2, 0.25) is 5.95 Å². The molecule has 2 fully saturated rings. The van der Waals surface area contributed by atoms with Crippen LogP contribution in [0.15, 0.2) is 42.6 Å². The first-order valence-corrected chi connectivity index (χ1v) is 12.8. The molecule has 37 heavy (non-hydrogen) atoms. The van der Waals surface area contributed by atoms with Crippen molar-refractivity contribution in [3.8, 4) is 11.3 Å². The second-order valence-electron chi connectivity index (χ2n) is 9.95. The van der Waals surface area contributed by atoms with Crippen LogP contribution in [0.4, 0.5) is 22.0 Å². The summed E-state index contributed by atoms with van der Waals surface area (Å²) in [5, 5.41) is 0. The number of methoxy groups -OCH3 is 1. The van der Waals surface area contributed by atoms with E-state index in [1.54, 1.807) is 18.3 Å². The van der Waals surface area contributed by atoms with Crippen molar-refractivity contribution in [2.24, 2.45) is 0 Å². The number of carbonyl (C=O) groups excluding carboxylic acids is 1. The van der Waals surface area contributed by atoms with Crippen LogP contribution in [-0.4, -0.2) is 66.3 Å². The number of aryl methyl sites for hydroxylation is 1. The number of halogens is 1. The van der Waals surface area contributed by atoms with Crippen LogP contribution in [0.25, 0.3) is 11.3 Å². The molecule has 0 bridgehead atoms. The molecule has 2 atom stereocenters. The molecule has 2 aliphatic heterocycles. The standard InChI is InChI=1S/C28H33FN6O2/c1-18-14-22(27(36)37-4)16-30-26(18)33-12-13-34(20(3)17-33)25-15-24(21-7-9-23(29)10-8-21)31-28(32-25)35-11-5-6-19(35)2/h7-10,14-16,19-20H,5-6,11-13,17H2,1-4H3/t19?,20-/m1/s1. The quantitative estimate of drug-likeness (QED) is 0.471. The first kappa shape index (κ1) is 24.9. The van der Waals surface area contributed by atoms with Gasteiger partial charge >= 0.3 is 5.97 Å². The number of hydrogen-bond donors (Lipinski definition) is 0. The van der Waals surface area contributed by atoms with Crippen molar-refractivity contribution >= 4 is 23.6 Å². The number of nitrogens with zero attached hydrogens (tertiary/aromatic N) is 6. The summed E-state index contributed by atoms with van der Waals surface area (Å²) in [6.45, 7) is 9.58. The first-order valence-electron chi connectivity index (χ1n) is 12.8. The lowest BCUT2D eigenvalue weighted by molar-refractivity contribution is 0.0600. The van der Waals surface area contributed by atoms with E-state index < -0.39 is 0 Å². The van der Waals surface area contributed by atoms with E-state index in [2.05, 4.69) is 33.5 Å². The minimum Gasteiger partial charge on any atom is -0.465 e. The SMILES string of the molecule is COC(=O)c1cnc(N2CCN(c3cc(-c4ccc(F)cc4)nc(N4CCCC4C)n3)[C@H](C)C2)c(C)c1. The summed E-state index contributed by atoms with van der Waals surface area (Å²) in [5.41, 5.74) is 3.06. The van der Waals surface area contributed by atoms with Gasteiger partial charge in [0, 0.05) is 56.1 Å². The molecule has 2 saturated heterocycles. The Kier molecular flexibility index (Phi) is 6.95. The van der Waals surface area contributed by atoms with E-state index in [1.807, 2.05) is 19.1 Å². The summed E-state index contributed by atoms with van der Waals surface area (Å²) in [7, 11) is 1.37. The average molecular weight is 505 g/mol. The van der Waals surface area contributed by atoms with Gasteiger partial charge in [-0.15, -0.1) is 0 Å². The highest BCUT2D eigenvalue weighted by atomic mass is 19.1. The normalized spacial score (nSPS) is 19.9. The number of anilines is 3. The minimum absolute atomic E-state index is 0.162. The molecule has 194 valence electrons. The zero-order chi connectivity index (χ0) is 26.1. The van der Waals surface area contributed by atoms with Gasteiger partial charge in [0.15, 0.2) is 0 Å². The zero-order valence-corrected chi connectivity index (χ0v) is 21.8. The maximum absolute atomic E-state index is 13.6. The van der Waals surface area contributed by atoms with Gasteiger partial charge in [-0.2, -0.15) is 4.98 Å². The number of rotatable bonds is 5. The Labute approximate surface area is 217 Å². The number of carbonyl (C=O) groups is 1. The lowest BCUT2D eigenvalue weighted by Crippen LogP contribution is -2.53. The van der Waals surface area contributed by atoms with Crippen molar-refractivity contribution in [1.29, 1.82) is 0 Å². The fourth-order valence-corrected chi connectivity index (χ4v) is 5.31. The van der Waals surface area contributed by atoms with Crippen LogP contribution < -0.4 is 14.7 Å². The molecule has 0 aliphatic carbocycles. The van der Waals surface area contributed by atoms with Gasteiger partial charge in [0.05, 0.1) is 18.4 Å². The molecule has 0 N–H and O–H groups in total. The van der Waals surface area contributed by atoms with Gasteiger partial charge in [-0.05, 0) is 69.5 Å². The molecular formula is C28H33FN6O2. The molecule has 5 rings (SSSR count). The van der Waals surface area contributed by atoms with E-state index in [4.69, 9.17) is 14.7 Å². The van der Waals surface area contributed by atoms with Gasteiger partial charge < -0.3 is 19.4 Å². The van der Waals surface area contributed by atoms with E-state index in [0.717, 1.165) is 73.4 Å². The fraction of sp³-hybridized carbons (Fsp3) is 0.429. The van der Waals surface area contributed by atoms with Gasteiger partial charge in [-0.1, -0.05) is 0 Å². The number of aromatic nitrogens is 3. The van der Waals surface area contributed by atoms with Crippen LogP contribution in [0.3, 0.4) is 0 Å². The summed E-state index contributed by atoms with van der Waals surface area (Å²) in [4.78, 5) is 33.2. The number of ether oxygens (including phenoxy) is 1. The van der Waals surface area contributed by atoms with Gasteiger partial charge in [0.1, 0.15) is 17.5 Å². The Balaban J connectivity index is 1.42. The van der Waals surface area contributed by atoms with Crippen molar-refractivity contribution in [3.05, 3.63) is 59.5 Å². The lowest BCUT2D eigenvalue weighted by Gasteiger charge is -2.41. The Morgan fingerprint density at radius 3 is 2.46 bits per heavy atom. The molecule has 2 aliphatic rings. The molecule has 0 saturated carbocycles. The molecule has 0 amide bonds. The Morgan fingerprint density at radius 2 is 1.81 bits per heavy atom. The Bertz CT molecular complexity index is 1280. The van der Waals surface area contributed by atoms with Gasteiger partial charge in [-0.25, -0.2) is 19.2 Å². The monoisotopic (exact) mass is 504 g/mol. The van der Waals surface area contributed by atoms with Crippen LogP contribution in [-0.2, 0) is 4.74 Å². The highest BCUT2D eigenvalue weighted by Crippen LogP contribution is 2.31. The molecular weight excluding hydrogens is 471 g/mol. The number of pyridine rings is 1. The Morgan fingerprint density at radius 1 is 1.03 bits per heavy atom. The average Bonchev–Trinajstić information content (AvgIpc) is 3.34. The minimum atomic E-state index is -0.385. The third-order valence-electron chi connectivity index (χ3n) is 7.34. The maximum Gasteiger partial charge on any atom is 0.339 e. The smallest absolute Gasteiger partial charge is 0.339 e. The molecule has 8 nitrogen and oxygen atoms in total.